The second-order valence-corrected chi connectivity index (χ2v) is 10.9. The number of methoxy groups -OCH3 is 1. The molecule has 0 aliphatic carbocycles. The molecule has 0 radical (unpaired) electrons. The Hall–Kier alpha value is -4.01. The fraction of sp³-hybridized carbons (Fsp3) is 0.160. The second kappa shape index (κ2) is 10.3. The number of aromatic nitrogens is 1. The van der Waals surface area contributed by atoms with Crippen LogP contribution in [0.15, 0.2) is 65.6 Å². The van der Waals surface area contributed by atoms with Crippen molar-refractivity contribution in [2.45, 2.75) is 17.9 Å². The molecule has 0 saturated heterocycles. The standard InChI is InChI=1S/C25H20FN3O5S2/c1-3-36(31,32)18-10-6-16(7-11-18)23(34-17-8-4-15(14-27)5-9-17)24(30)29-25-28-20-12-19(26)21(33-2)13-22(20)35-25/h4-13,23H,3H2,1-2H3,(H,28,29,30). The minimum Gasteiger partial charge on any atom is -0.494 e. The van der Waals surface area contributed by atoms with E-state index in [1.165, 1.54) is 43.5 Å². The number of hydrogen-bond donors (Lipinski definition) is 1. The van der Waals surface area contributed by atoms with E-state index in [2.05, 4.69) is 10.3 Å². The third-order valence-corrected chi connectivity index (χ3v) is 7.97. The van der Waals surface area contributed by atoms with Gasteiger partial charge in [0.05, 0.1) is 39.6 Å². The van der Waals surface area contributed by atoms with Gasteiger partial charge in [0.1, 0.15) is 5.75 Å². The molecule has 0 spiro atoms. The van der Waals surface area contributed by atoms with Crippen molar-refractivity contribution in [3.63, 3.8) is 0 Å². The van der Waals surface area contributed by atoms with Crippen LogP contribution in [0.4, 0.5) is 9.52 Å². The number of carbonyl (C=O) groups is 1. The smallest absolute Gasteiger partial charge is 0.271 e. The monoisotopic (exact) mass is 525 g/mol. The number of ether oxygens (including phenoxy) is 2. The zero-order valence-corrected chi connectivity index (χ0v) is 20.8. The molecule has 1 heterocycles. The van der Waals surface area contributed by atoms with Crippen LogP contribution in [0.25, 0.3) is 10.2 Å². The number of anilines is 1. The molecule has 0 aliphatic rings. The maximum Gasteiger partial charge on any atom is 0.271 e. The van der Waals surface area contributed by atoms with Crippen LogP contribution in [0.3, 0.4) is 0 Å². The summed E-state index contributed by atoms with van der Waals surface area (Å²) in [6, 6.07) is 16.8. The minimum absolute atomic E-state index is 0.0546. The van der Waals surface area contributed by atoms with E-state index in [1.807, 2.05) is 6.07 Å². The highest BCUT2D eigenvalue weighted by molar-refractivity contribution is 7.91. The van der Waals surface area contributed by atoms with Gasteiger partial charge in [-0.15, -0.1) is 0 Å². The highest BCUT2D eigenvalue weighted by Gasteiger charge is 2.25. The quantitative estimate of drug-likeness (QED) is 0.349. The second-order valence-electron chi connectivity index (χ2n) is 7.57. The summed E-state index contributed by atoms with van der Waals surface area (Å²) >= 11 is 1.14. The van der Waals surface area contributed by atoms with E-state index in [1.54, 1.807) is 31.2 Å². The van der Waals surface area contributed by atoms with Crippen molar-refractivity contribution in [2.75, 3.05) is 18.2 Å². The van der Waals surface area contributed by atoms with E-state index >= 15 is 0 Å². The molecule has 0 saturated carbocycles. The Morgan fingerprint density at radius 2 is 1.86 bits per heavy atom. The first-order chi connectivity index (χ1) is 17.2. The van der Waals surface area contributed by atoms with E-state index in [9.17, 15) is 17.6 Å². The van der Waals surface area contributed by atoms with Gasteiger partial charge in [0.15, 0.2) is 26.5 Å². The summed E-state index contributed by atoms with van der Waals surface area (Å²) in [5, 5.41) is 11.9. The van der Waals surface area contributed by atoms with Gasteiger partial charge in [0.25, 0.3) is 5.91 Å². The molecular weight excluding hydrogens is 505 g/mol. The van der Waals surface area contributed by atoms with Crippen LogP contribution in [0.1, 0.15) is 24.2 Å². The van der Waals surface area contributed by atoms with Crippen molar-refractivity contribution in [1.29, 1.82) is 5.26 Å². The lowest BCUT2D eigenvalue weighted by Gasteiger charge is -2.19. The van der Waals surface area contributed by atoms with E-state index in [0.717, 1.165) is 11.3 Å². The summed E-state index contributed by atoms with van der Waals surface area (Å²) in [4.78, 5) is 17.7. The lowest BCUT2D eigenvalue weighted by molar-refractivity contribution is -0.123. The summed E-state index contributed by atoms with van der Waals surface area (Å²) < 4.78 is 50.0. The van der Waals surface area contributed by atoms with Crippen LogP contribution < -0.4 is 14.8 Å². The molecule has 0 aliphatic heterocycles. The van der Waals surface area contributed by atoms with Gasteiger partial charge in [-0.3, -0.25) is 10.1 Å². The molecule has 184 valence electrons. The molecule has 36 heavy (non-hydrogen) atoms. The maximum absolute atomic E-state index is 14.0. The number of nitrogens with one attached hydrogen (secondary N) is 1. The molecule has 1 unspecified atom stereocenters. The normalized spacial score (nSPS) is 12.1. The van der Waals surface area contributed by atoms with Gasteiger partial charge in [-0.1, -0.05) is 30.4 Å². The number of fused-ring (bicyclic) bond motifs is 1. The number of nitriles is 1. The van der Waals surface area contributed by atoms with Crippen molar-refractivity contribution in [2.24, 2.45) is 0 Å². The number of hydrogen-bond acceptors (Lipinski definition) is 8. The summed E-state index contributed by atoms with van der Waals surface area (Å²) in [6.07, 6.45) is -1.17. The molecule has 8 nitrogen and oxygen atoms in total. The Labute approximate surface area is 210 Å². The van der Waals surface area contributed by atoms with Gasteiger partial charge in [0, 0.05) is 17.7 Å². The Morgan fingerprint density at radius 3 is 2.47 bits per heavy atom. The average molecular weight is 526 g/mol. The molecule has 4 rings (SSSR count). The zero-order valence-electron chi connectivity index (χ0n) is 19.2. The highest BCUT2D eigenvalue weighted by atomic mass is 32.2. The number of sulfone groups is 1. The molecular formula is C25H20FN3O5S2. The predicted molar refractivity (Wildman–Crippen MR) is 133 cm³/mol. The average Bonchev–Trinajstić information content (AvgIpc) is 3.27. The summed E-state index contributed by atoms with van der Waals surface area (Å²) in [7, 11) is -2.06. The molecule has 11 heteroatoms. The first-order valence-corrected chi connectivity index (χ1v) is 13.2. The Bertz CT molecular complexity index is 1560. The van der Waals surface area contributed by atoms with E-state index in [4.69, 9.17) is 14.7 Å². The molecule has 1 aromatic heterocycles. The first kappa shape index (κ1) is 25.1. The topological polar surface area (TPSA) is 118 Å². The Balaban J connectivity index is 1.66. The zero-order chi connectivity index (χ0) is 25.9. The van der Waals surface area contributed by atoms with Crippen LogP contribution in [-0.2, 0) is 14.6 Å². The van der Waals surface area contributed by atoms with Crippen LogP contribution in [0.2, 0.25) is 0 Å². The van der Waals surface area contributed by atoms with Crippen molar-refractivity contribution in [3.05, 3.63) is 77.6 Å². The number of benzene rings is 3. The molecule has 3 aromatic carbocycles. The van der Waals surface area contributed by atoms with Crippen LogP contribution in [0, 0.1) is 17.1 Å². The van der Waals surface area contributed by atoms with E-state index in [0.29, 0.717) is 27.1 Å². The lowest BCUT2D eigenvalue weighted by Crippen LogP contribution is -2.25. The largest absolute Gasteiger partial charge is 0.494 e. The molecule has 1 atom stereocenters. The minimum atomic E-state index is -3.42. The predicted octanol–water partition coefficient (Wildman–Crippen LogP) is 4.87. The van der Waals surface area contributed by atoms with E-state index in [-0.39, 0.29) is 21.5 Å². The highest BCUT2D eigenvalue weighted by Crippen LogP contribution is 2.32. The lowest BCUT2D eigenvalue weighted by atomic mass is 10.1. The van der Waals surface area contributed by atoms with Crippen molar-refractivity contribution in [1.82, 2.24) is 4.98 Å². The first-order valence-electron chi connectivity index (χ1n) is 10.7. The molecule has 0 bridgehead atoms. The molecule has 4 aromatic rings. The van der Waals surface area contributed by atoms with Crippen LogP contribution >= 0.6 is 11.3 Å². The molecule has 1 amide bonds. The Kier molecular flexibility index (Phi) is 7.19. The van der Waals surface area contributed by atoms with Gasteiger partial charge in [0.2, 0.25) is 6.10 Å². The summed E-state index contributed by atoms with van der Waals surface area (Å²) in [6.45, 7) is 1.55. The van der Waals surface area contributed by atoms with Gasteiger partial charge in [-0.05, 0) is 36.4 Å². The fourth-order valence-corrected chi connectivity index (χ4v) is 5.11. The van der Waals surface area contributed by atoms with Gasteiger partial charge in [-0.25, -0.2) is 17.8 Å². The molecule has 1 N–H and O–H groups in total. The van der Waals surface area contributed by atoms with Gasteiger partial charge < -0.3 is 9.47 Å². The third-order valence-electron chi connectivity index (χ3n) is 5.29. The van der Waals surface area contributed by atoms with Crippen LogP contribution in [-0.4, -0.2) is 32.2 Å². The fourth-order valence-electron chi connectivity index (χ4n) is 3.34. The van der Waals surface area contributed by atoms with E-state index < -0.39 is 27.7 Å². The van der Waals surface area contributed by atoms with Crippen molar-refractivity contribution >= 4 is 42.4 Å². The third kappa shape index (κ3) is 5.30. The SMILES string of the molecule is CCS(=O)(=O)c1ccc(C(Oc2ccc(C#N)cc2)C(=O)Nc2nc3cc(F)c(OC)cc3s2)cc1. The summed E-state index contributed by atoms with van der Waals surface area (Å²) in [5.41, 5.74) is 1.18. The Morgan fingerprint density at radius 1 is 1.17 bits per heavy atom. The number of rotatable bonds is 8. The number of halogens is 1. The van der Waals surface area contributed by atoms with Crippen molar-refractivity contribution < 1.29 is 27.1 Å². The number of carbonyl (C=O) groups excluding carboxylic acids is 1. The van der Waals surface area contributed by atoms with Crippen molar-refractivity contribution in [3.8, 4) is 17.6 Å². The summed E-state index contributed by atoms with van der Waals surface area (Å²) in [5.74, 6) is -0.806. The molecule has 0 fully saturated rings. The van der Waals surface area contributed by atoms with Gasteiger partial charge >= 0.3 is 0 Å². The number of thiazole rings is 1. The maximum atomic E-state index is 14.0. The van der Waals surface area contributed by atoms with Crippen LogP contribution in [0.5, 0.6) is 11.5 Å². The van der Waals surface area contributed by atoms with Gasteiger partial charge in [-0.2, -0.15) is 5.26 Å². The number of nitrogens with zero attached hydrogens (tertiary/aromatic N) is 2. The number of amides is 1.